The molecule has 2 aromatic rings. The zero-order valence-electron chi connectivity index (χ0n) is 15.3. The van der Waals surface area contributed by atoms with E-state index in [9.17, 15) is 4.79 Å². The molecule has 0 spiro atoms. The van der Waals surface area contributed by atoms with Crippen molar-refractivity contribution in [2.45, 2.75) is 63.1 Å². The van der Waals surface area contributed by atoms with Crippen molar-refractivity contribution in [3.8, 4) is 0 Å². The second-order valence-corrected chi connectivity index (χ2v) is 7.92. The normalized spacial score (nSPS) is 14.6. The number of aliphatic hydroxyl groups excluding tert-OH is 1. The Kier molecular flexibility index (Phi) is 7.32. The summed E-state index contributed by atoms with van der Waals surface area (Å²) < 4.78 is 1.87. The minimum atomic E-state index is 0.0740. The van der Waals surface area contributed by atoms with Gasteiger partial charge in [-0.25, -0.2) is 4.98 Å². The van der Waals surface area contributed by atoms with Crippen molar-refractivity contribution in [1.82, 2.24) is 9.55 Å². The fraction of sp³-hybridized carbons (Fsp3) is 0.524. The summed E-state index contributed by atoms with van der Waals surface area (Å²) in [6.45, 7) is 0.959. The van der Waals surface area contributed by atoms with Crippen molar-refractivity contribution in [3.05, 3.63) is 46.3 Å². The minimum Gasteiger partial charge on any atom is -0.396 e. The van der Waals surface area contributed by atoms with E-state index in [0.29, 0.717) is 11.9 Å². The Morgan fingerprint density at radius 2 is 2.04 bits per heavy atom. The van der Waals surface area contributed by atoms with Gasteiger partial charge in [0.1, 0.15) is 0 Å². The van der Waals surface area contributed by atoms with Crippen LogP contribution in [0.4, 0.5) is 0 Å². The van der Waals surface area contributed by atoms with Crippen molar-refractivity contribution in [2.24, 2.45) is 0 Å². The molecule has 0 fully saturated rings. The van der Waals surface area contributed by atoms with Crippen LogP contribution in [-0.2, 0) is 6.54 Å². The number of unbranched alkanes of at least 4 members (excludes halogenated alkanes) is 2. The average molecular weight is 373 g/mol. The van der Waals surface area contributed by atoms with E-state index in [-0.39, 0.29) is 12.2 Å². The van der Waals surface area contributed by atoms with Gasteiger partial charge >= 0.3 is 0 Å². The zero-order valence-corrected chi connectivity index (χ0v) is 16.1. The number of benzene rings is 1. The molecule has 5 heteroatoms. The van der Waals surface area contributed by atoms with Crippen LogP contribution >= 0.6 is 11.8 Å². The molecule has 4 nitrogen and oxygen atoms in total. The third-order valence-electron chi connectivity index (χ3n) is 4.90. The van der Waals surface area contributed by atoms with E-state index in [0.717, 1.165) is 42.1 Å². The number of thioether (sulfide) groups is 1. The standard InChI is InChI=1S/C21H28N2O2S/c24-15-7-2-8-16-26-21-22-19-12-6-5-11-18(19)20(25)23(21)14-13-17-9-3-1-4-10-17/h5-6,9,11-12,24H,1-4,7-8,10,13-16H2. The summed E-state index contributed by atoms with van der Waals surface area (Å²) in [5.74, 6) is 0.924. The molecule has 0 aliphatic heterocycles. The number of aromatic nitrogens is 2. The van der Waals surface area contributed by atoms with E-state index in [1.54, 1.807) is 11.8 Å². The van der Waals surface area contributed by atoms with Crippen molar-refractivity contribution in [1.29, 1.82) is 0 Å². The highest BCUT2D eigenvalue weighted by Crippen LogP contribution is 2.23. The largest absolute Gasteiger partial charge is 0.396 e. The first-order valence-electron chi connectivity index (χ1n) is 9.71. The average Bonchev–Trinajstić information content (AvgIpc) is 2.68. The van der Waals surface area contributed by atoms with Crippen LogP contribution in [0.3, 0.4) is 0 Å². The van der Waals surface area contributed by atoms with Gasteiger partial charge in [0.15, 0.2) is 5.16 Å². The molecule has 1 aliphatic rings. The van der Waals surface area contributed by atoms with Crippen LogP contribution in [0.15, 0.2) is 45.9 Å². The van der Waals surface area contributed by atoms with E-state index in [1.165, 1.54) is 31.3 Å². The monoisotopic (exact) mass is 372 g/mol. The molecule has 1 aromatic carbocycles. The summed E-state index contributed by atoms with van der Waals surface area (Å²) in [7, 11) is 0. The molecule has 0 atom stereocenters. The maximum absolute atomic E-state index is 13.0. The first-order valence-corrected chi connectivity index (χ1v) is 10.7. The smallest absolute Gasteiger partial charge is 0.262 e. The van der Waals surface area contributed by atoms with Crippen molar-refractivity contribution in [3.63, 3.8) is 0 Å². The van der Waals surface area contributed by atoms with Crippen LogP contribution < -0.4 is 5.56 Å². The summed E-state index contributed by atoms with van der Waals surface area (Å²) in [6.07, 6.45) is 11.1. The van der Waals surface area contributed by atoms with Crippen LogP contribution in [0.5, 0.6) is 0 Å². The van der Waals surface area contributed by atoms with Gasteiger partial charge in [-0.05, 0) is 57.1 Å². The molecule has 1 N–H and O–H groups in total. The lowest BCUT2D eigenvalue weighted by Crippen LogP contribution is -2.24. The van der Waals surface area contributed by atoms with E-state index in [4.69, 9.17) is 10.1 Å². The quantitative estimate of drug-likeness (QED) is 0.304. The SMILES string of the molecule is O=c1c2ccccc2nc(SCCCCCO)n1CCC1=CCCCC1. The number of aliphatic hydroxyl groups is 1. The number of para-hydroxylation sites is 1. The molecule has 0 bridgehead atoms. The van der Waals surface area contributed by atoms with E-state index >= 15 is 0 Å². The second kappa shape index (κ2) is 9.93. The summed E-state index contributed by atoms with van der Waals surface area (Å²) in [4.78, 5) is 17.8. The second-order valence-electron chi connectivity index (χ2n) is 6.86. The highest BCUT2D eigenvalue weighted by atomic mass is 32.2. The molecule has 0 saturated carbocycles. The molecular weight excluding hydrogens is 344 g/mol. The van der Waals surface area contributed by atoms with Gasteiger partial charge in [0.05, 0.1) is 10.9 Å². The fourth-order valence-corrected chi connectivity index (χ4v) is 4.42. The maximum Gasteiger partial charge on any atom is 0.262 e. The molecule has 0 amide bonds. The molecule has 3 rings (SSSR count). The van der Waals surface area contributed by atoms with Crippen molar-refractivity contribution in [2.75, 3.05) is 12.4 Å². The molecule has 140 valence electrons. The van der Waals surface area contributed by atoms with Gasteiger partial charge < -0.3 is 5.11 Å². The Morgan fingerprint density at radius 3 is 2.85 bits per heavy atom. The number of hydrogen-bond donors (Lipinski definition) is 1. The lowest BCUT2D eigenvalue weighted by molar-refractivity contribution is 0.284. The lowest BCUT2D eigenvalue weighted by Gasteiger charge is -2.16. The van der Waals surface area contributed by atoms with Gasteiger partial charge in [0.25, 0.3) is 5.56 Å². The van der Waals surface area contributed by atoms with Gasteiger partial charge in [-0.1, -0.05) is 42.0 Å². The Morgan fingerprint density at radius 1 is 1.15 bits per heavy atom. The number of allylic oxidation sites excluding steroid dienone is 2. The first-order chi connectivity index (χ1) is 12.8. The Balaban J connectivity index is 1.80. The predicted molar refractivity (Wildman–Crippen MR) is 109 cm³/mol. The summed E-state index contributed by atoms with van der Waals surface area (Å²) >= 11 is 1.66. The third-order valence-corrected chi connectivity index (χ3v) is 5.96. The summed E-state index contributed by atoms with van der Waals surface area (Å²) in [6, 6.07) is 7.63. The van der Waals surface area contributed by atoms with Gasteiger partial charge in [0, 0.05) is 18.9 Å². The Labute approximate surface area is 159 Å². The van der Waals surface area contributed by atoms with E-state index in [2.05, 4.69) is 6.08 Å². The first kappa shape index (κ1) is 19.2. The Hall–Kier alpha value is -1.59. The van der Waals surface area contributed by atoms with Crippen LogP contribution in [0.2, 0.25) is 0 Å². The highest BCUT2D eigenvalue weighted by Gasteiger charge is 2.12. The molecule has 26 heavy (non-hydrogen) atoms. The molecular formula is C21H28N2O2S. The lowest BCUT2D eigenvalue weighted by atomic mass is 9.97. The maximum atomic E-state index is 13.0. The van der Waals surface area contributed by atoms with Crippen molar-refractivity contribution < 1.29 is 5.11 Å². The van der Waals surface area contributed by atoms with E-state index < -0.39 is 0 Å². The minimum absolute atomic E-state index is 0.0740. The molecule has 0 saturated heterocycles. The predicted octanol–water partition coefficient (Wildman–Crippen LogP) is 4.54. The highest BCUT2D eigenvalue weighted by molar-refractivity contribution is 7.99. The number of hydrogen-bond acceptors (Lipinski definition) is 4. The van der Waals surface area contributed by atoms with Crippen molar-refractivity contribution >= 4 is 22.7 Å². The van der Waals surface area contributed by atoms with Gasteiger partial charge in [-0.2, -0.15) is 0 Å². The number of nitrogens with zero attached hydrogens (tertiary/aromatic N) is 2. The molecule has 1 aliphatic carbocycles. The zero-order chi connectivity index (χ0) is 18.2. The number of rotatable bonds is 9. The molecule has 1 heterocycles. The Bertz CT molecular complexity index is 813. The van der Waals surface area contributed by atoms with Crippen LogP contribution in [0.1, 0.15) is 51.4 Å². The summed E-state index contributed by atoms with van der Waals surface area (Å²) in [5, 5.41) is 10.4. The topological polar surface area (TPSA) is 55.1 Å². The summed E-state index contributed by atoms with van der Waals surface area (Å²) in [5.41, 5.74) is 2.34. The molecule has 0 unspecified atom stereocenters. The van der Waals surface area contributed by atoms with Gasteiger partial charge in [0.2, 0.25) is 0 Å². The third kappa shape index (κ3) is 4.98. The van der Waals surface area contributed by atoms with E-state index in [1.807, 2.05) is 28.8 Å². The van der Waals surface area contributed by atoms with Crippen LogP contribution in [0.25, 0.3) is 10.9 Å². The van der Waals surface area contributed by atoms with Gasteiger partial charge in [-0.3, -0.25) is 9.36 Å². The number of fused-ring (bicyclic) bond motifs is 1. The molecule has 1 aromatic heterocycles. The molecule has 0 radical (unpaired) electrons. The fourth-order valence-electron chi connectivity index (χ4n) is 3.40. The van der Waals surface area contributed by atoms with Gasteiger partial charge in [-0.15, -0.1) is 0 Å². The van der Waals surface area contributed by atoms with Crippen LogP contribution in [0, 0.1) is 0 Å². The van der Waals surface area contributed by atoms with Crippen LogP contribution in [-0.4, -0.2) is 27.0 Å².